The summed E-state index contributed by atoms with van der Waals surface area (Å²) < 4.78 is 20.7. The van der Waals surface area contributed by atoms with Crippen LogP contribution in [0.3, 0.4) is 0 Å². The van der Waals surface area contributed by atoms with Crippen LogP contribution in [0.15, 0.2) is 45.3 Å². The number of hydrogen-bond donors (Lipinski definition) is 6. The molecule has 12 N–H and O–H groups in total. The van der Waals surface area contributed by atoms with Gasteiger partial charge in [-0.1, -0.05) is 51.1 Å². The summed E-state index contributed by atoms with van der Waals surface area (Å²) in [4.78, 5) is 15.1. The summed E-state index contributed by atoms with van der Waals surface area (Å²) in [6, 6.07) is 10.8. The van der Waals surface area contributed by atoms with E-state index in [4.69, 9.17) is 48.6 Å². The molecule has 0 spiro atoms. The highest BCUT2D eigenvalue weighted by molar-refractivity contribution is 5.76. The SMILES string of the molecule is C[C@H](CCCN(C)Cc1ccccc1)[C@H]1CC[C@H]2[C@@H]3[C@H](OCCCN=C(N)N)C[C@@H]4C[C@H](OCCCN=C(N)N)CC[C@]4(C)[C@H]3C[C@H](OCCCN=C(N)N)[C@]12C. The fourth-order valence-electron chi connectivity index (χ4n) is 12.0. The molecule has 4 aliphatic rings. The van der Waals surface area contributed by atoms with Crippen LogP contribution in [0.2, 0.25) is 0 Å². The number of benzene rings is 1. The Balaban J connectivity index is 1.35. The molecule has 0 aromatic heterocycles. The Labute approximate surface area is 343 Å². The Morgan fingerprint density at radius 1 is 0.754 bits per heavy atom. The highest BCUT2D eigenvalue weighted by Crippen LogP contribution is 2.69. The van der Waals surface area contributed by atoms with Gasteiger partial charge in [0.25, 0.3) is 0 Å². The van der Waals surface area contributed by atoms with Crippen molar-refractivity contribution in [2.45, 2.75) is 123 Å². The first kappa shape index (κ1) is 45.0. The van der Waals surface area contributed by atoms with Crippen LogP contribution in [0.4, 0.5) is 0 Å². The molecule has 1 aromatic rings. The number of nitrogens with two attached hydrogens (primary N) is 6. The number of guanidine groups is 3. The molecule has 13 heteroatoms. The van der Waals surface area contributed by atoms with Gasteiger partial charge in [-0.2, -0.15) is 0 Å². The van der Waals surface area contributed by atoms with Crippen LogP contribution >= 0.6 is 0 Å². The molecule has 11 atom stereocenters. The summed E-state index contributed by atoms with van der Waals surface area (Å²) >= 11 is 0. The van der Waals surface area contributed by atoms with E-state index in [-0.39, 0.29) is 47.0 Å². The van der Waals surface area contributed by atoms with Gasteiger partial charge in [0.05, 0.1) is 18.3 Å². The van der Waals surface area contributed by atoms with E-state index in [0.717, 1.165) is 64.5 Å². The highest BCUT2D eigenvalue weighted by Gasteiger charge is 2.66. The molecule has 1 aromatic carbocycles. The van der Waals surface area contributed by atoms with Crippen molar-refractivity contribution in [3.8, 4) is 0 Å². The third-order valence-corrected chi connectivity index (χ3v) is 14.7. The quantitative estimate of drug-likeness (QED) is 0.0545. The van der Waals surface area contributed by atoms with Crippen molar-refractivity contribution in [3.63, 3.8) is 0 Å². The molecule has 4 saturated carbocycles. The van der Waals surface area contributed by atoms with Gasteiger partial charge >= 0.3 is 0 Å². The van der Waals surface area contributed by atoms with Crippen LogP contribution in [-0.2, 0) is 20.8 Å². The molecule has 4 aliphatic carbocycles. The van der Waals surface area contributed by atoms with Crippen LogP contribution in [-0.4, -0.2) is 94.1 Å². The van der Waals surface area contributed by atoms with E-state index in [9.17, 15) is 0 Å². The van der Waals surface area contributed by atoms with Crippen LogP contribution in [0, 0.1) is 46.3 Å². The fourth-order valence-corrected chi connectivity index (χ4v) is 12.0. The molecule has 0 amide bonds. The monoisotopic (exact) mass is 795 g/mol. The summed E-state index contributed by atoms with van der Waals surface area (Å²) in [6.45, 7) is 13.5. The maximum Gasteiger partial charge on any atom is 0.185 e. The summed E-state index contributed by atoms with van der Waals surface area (Å²) in [5.41, 5.74) is 35.4. The molecule has 0 aliphatic heterocycles. The third-order valence-electron chi connectivity index (χ3n) is 14.7. The molecule has 0 bridgehead atoms. The topological polar surface area (TPSA) is 224 Å². The summed E-state index contributed by atoms with van der Waals surface area (Å²) in [5, 5.41) is 0. The molecule has 322 valence electrons. The van der Waals surface area contributed by atoms with Crippen molar-refractivity contribution in [1.82, 2.24) is 4.90 Å². The first-order valence-electron chi connectivity index (χ1n) is 22.1. The van der Waals surface area contributed by atoms with Gasteiger partial charge in [-0.3, -0.25) is 15.0 Å². The zero-order valence-corrected chi connectivity index (χ0v) is 35.7. The molecule has 0 heterocycles. The van der Waals surface area contributed by atoms with Crippen molar-refractivity contribution in [3.05, 3.63) is 35.9 Å². The number of rotatable bonds is 22. The standard InChI is InChI=1S/C44H78N10O3/c1-30(12-8-22-54(4)29-31-13-6-5-7-14-31)34-15-16-35-39-36(28-38(44(34,35)3)57-25-11-21-53-42(49)50)43(2)18-17-33(55-23-9-19-51-40(45)46)26-32(43)27-37(39)56-24-10-20-52-41(47)48/h5-7,13-14,30,32-39H,8-12,15-29H2,1-4H3,(H4,45,46,51)(H4,47,48,52)(H4,49,50,53)/t30-,32+,33-,34-,35+,36+,37-,38+,39+,43+,44-/m1/s1. The van der Waals surface area contributed by atoms with Crippen LogP contribution in [0.25, 0.3) is 0 Å². The molecule has 4 fully saturated rings. The number of hydrogen-bond acceptors (Lipinski definition) is 7. The fraction of sp³-hybridized carbons (Fsp3) is 0.795. The minimum Gasteiger partial charge on any atom is -0.378 e. The molecule has 5 rings (SSSR count). The van der Waals surface area contributed by atoms with Gasteiger partial charge in [-0.15, -0.1) is 0 Å². The van der Waals surface area contributed by atoms with Crippen molar-refractivity contribution < 1.29 is 14.2 Å². The molecule has 57 heavy (non-hydrogen) atoms. The minimum atomic E-state index is 0.0471. The van der Waals surface area contributed by atoms with Crippen molar-refractivity contribution in [2.75, 3.05) is 53.0 Å². The number of nitrogens with zero attached hydrogens (tertiary/aromatic N) is 4. The van der Waals surface area contributed by atoms with Crippen LogP contribution in [0.1, 0.15) is 103 Å². The zero-order chi connectivity index (χ0) is 41.0. The van der Waals surface area contributed by atoms with Crippen molar-refractivity contribution in [2.24, 2.45) is 95.7 Å². The molecule has 0 radical (unpaired) electrons. The predicted molar refractivity (Wildman–Crippen MR) is 232 cm³/mol. The lowest BCUT2D eigenvalue weighted by Crippen LogP contribution is -2.63. The second-order valence-electron chi connectivity index (χ2n) is 18.4. The van der Waals surface area contributed by atoms with E-state index in [2.05, 4.69) is 78.0 Å². The normalized spacial score (nSPS) is 32.4. The van der Waals surface area contributed by atoms with Crippen LogP contribution < -0.4 is 34.4 Å². The van der Waals surface area contributed by atoms with Crippen LogP contribution in [0.5, 0.6) is 0 Å². The average molecular weight is 795 g/mol. The van der Waals surface area contributed by atoms with E-state index >= 15 is 0 Å². The van der Waals surface area contributed by atoms with Crippen molar-refractivity contribution in [1.29, 1.82) is 0 Å². The average Bonchev–Trinajstić information content (AvgIpc) is 3.52. The summed E-state index contributed by atoms with van der Waals surface area (Å²) in [5.74, 6) is 3.61. The van der Waals surface area contributed by atoms with E-state index in [1.54, 1.807) is 0 Å². The smallest absolute Gasteiger partial charge is 0.185 e. The van der Waals surface area contributed by atoms with Crippen molar-refractivity contribution >= 4 is 17.9 Å². The largest absolute Gasteiger partial charge is 0.378 e. The lowest BCUT2D eigenvalue weighted by Gasteiger charge is -2.65. The number of aliphatic imine (C=N–C) groups is 3. The van der Waals surface area contributed by atoms with E-state index in [1.165, 1.54) is 31.2 Å². The molecule has 13 nitrogen and oxygen atoms in total. The van der Waals surface area contributed by atoms with Gasteiger partial charge in [0.1, 0.15) is 0 Å². The Hall–Kier alpha value is -3.13. The Bertz CT molecular complexity index is 1450. The predicted octanol–water partition coefficient (Wildman–Crippen LogP) is 4.56. The lowest BCUT2D eigenvalue weighted by molar-refractivity contribution is -0.227. The first-order chi connectivity index (χ1) is 27.3. The Morgan fingerprint density at radius 3 is 2.00 bits per heavy atom. The summed E-state index contributed by atoms with van der Waals surface area (Å²) in [7, 11) is 2.25. The van der Waals surface area contributed by atoms with Gasteiger partial charge in [-0.05, 0) is 137 Å². The minimum absolute atomic E-state index is 0.0471. The number of fused-ring (bicyclic) bond motifs is 5. The second-order valence-corrected chi connectivity index (χ2v) is 18.4. The Kier molecular flexibility index (Phi) is 16.7. The highest BCUT2D eigenvalue weighted by atomic mass is 16.5. The van der Waals surface area contributed by atoms with E-state index in [0.29, 0.717) is 75.0 Å². The maximum atomic E-state index is 7.14. The first-order valence-corrected chi connectivity index (χ1v) is 22.1. The lowest BCUT2D eigenvalue weighted by atomic mass is 9.43. The molecular formula is C44H78N10O3. The number of ether oxygens (including phenoxy) is 3. The molecule has 0 saturated heterocycles. The van der Waals surface area contributed by atoms with Gasteiger partial charge in [0.15, 0.2) is 17.9 Å². The molecular weight excluding hydrogens is 717 g/mol. The van der Waals surface area contributed by atoms with E-state index < -0.39 is 0 Å². The van der Waals surface area contributed by atoms with Gasteiger partial charge < -0.3 is 53.5 Å². The summed E-state index contributed by atoms with van der Waals surface area (Å²) in [6.07, 6.45) is 13.3. The van der Waals surface area contributed by atoms with Gasteiger partial charge in [-0.25, -0.2) is 0 Å². The Morgan fingerprint density at radius 2 is 1.37 bits per heavy atom. The zero-order valence-electron chi connectivity index (χ0n) is 35.7. The van der Waals surface area contributed by atoms with Gasteiger partial charge in [0, 0.05) is 51.4 Å². The third kappa shape index (κ3) is 11.8. The maximum absolute atomic E-state index is 7.14. The van der Waals surface area contributed by atoms with E-state index in [1.807, 2.05) is 0 Å². The second kappa shape index (κ2) is 21.2. The molecule has 0 unspecified atom stereocenters. The van der Waals surface area contributed by atoms with Gasteiger partial charge in [0.2, 0.25) is 0 Å².